The Morgan fingerprint density at radius 1 is 0.882 bits per heavy atom. The number of likely N-dealkylation sites (N-methyl/N-ethyl adjacent to an activating group) is 2. The van der Waals surface area contributed by atoms with Crippen molar-refractivity contribution in [2.75, 3.05) is 46.8 Å². The highest BCUT2D eigenvalue weighted by Crippen LogP contribution is 2.15. The van der Waals surface area contributed by atoms with Crippen LogP contribution in [-0.4, -0.2) is 110 Å². The first-order valence-electron chi connectivity index (χ1n) is 17.8. The zero-order valence-corrected chi connectivity index (χ0v) is 32.5. The minimum atomic E-state index is -0.931. The minimum absolute atomic E-state index is 0.0503. The van der Waals surface area contributed by atoms with E-state index in [4.69, 9.17) is 5.41 Å². The molecule has 2 aromatic rings. The fourth-order valence-electron chi connectivity index (χ4n) is 6.14. The van der Waals surface area contributed by atoms with Crippen LogP contribution >= 0.6 is 22.9 Å². The Morgan fingerprint density at radius 2 is 1.51 bits per heavy atom. The second-order valence-corrected chi connectivity index (χ2v) is 13.9. The van der Waals surface area contributed by atoms with Crippen LogP contribution < -0.4 is 30.1 Å². The second-order valence-electron chi connectivity index (χ2n) is 13.4. The summed E-state index contributed by atoms with van der Waals surface area (Å²) in [4.78, 5) is 59.3. The molecule has 51 heavy (non-hydrogen) atoms. The molecule has 14 heteroatoms. The highest BCUT2D eigenvalue weighted by atomic mass is 127. The highest BCUT2D eigenvalue weighted by molar-refractivity contribution is 14.1. The van der Waals surface area contributed by atoms with Gasteiger partial charge >= 0.3 is 0 Å². The molecule has 1 heterocycles. The first-order chi connectivity index (χ1) is 24.5. The number of amides is 4. The lowest BCUT2D eigenvalue weighted by Gasteiger charge is -2.33. The Morgan fingerprint density at radius 3 is 2.12 bits per heavy atom. The highest BCUT2D eigenvalue weighted by Gasteiger charge is 2.35. The van der Waals surface area contributed by atoms with E-state index in [1.165, 1.54) is 4.90 Å². The summed E-state index contributed by atoms with van der Waals surface area (Å²) < 4.78 is 2.70. The van der Waals surface area contributed by atoms with Gasteiger partial charge in [-0.2, -0.15) is 0 Å². The van der Waals surface area contributed by atoms with Crippen molar-refractivity contribution in [3.63, 3.8) is 0 Å². The number of hydrogen-bond donors (Lipinski definition) is 7. The number of nitrogens with one attached hydrogen (secondary N) is 7. The zero-order valence-electron chi connectivity index (χ0n) is 30.3. The van der Waals surface area contributed by atoms with E-state index in [1.54, 1.807) is 19.0 Å². The van der Waals surface area contributed by atoms with Gasteiger partial charge in [-0.05, 0) is 62.7 Å². The van der Waals surface area contributed by atoms with E-state index in [0.29, 0.717) is 51.9 Å². The average molecular weight is 818 g/mol. The van der Waals surface area contributed by atoms with Gasteiger partial charge in [-0.3, -0.25) is 28.1 Å². The van der Waals surface area contributed by atoms with Crippen LogP contribution in [0.25, 0.3) is 0 Å². The third kappa shape index (κ3) is 14.1. The Labute approximate surface area is 316 Å². The van der Waals surface area contributed by atoms with Gasteiger partial charge in [0.2, 0.25) is 23.6 Å². The van der Waals surface area contributed by atoms with E-state index < -0.39 is 36.0 Å². The molecular weight excluding hydrogens is 761 g/mol. The van der Waals surface area contributed by atoms with Crippen LogP contribution in [-0.2, 0) is 32.0 Å². The van der Waals surface area contributed by atoms with Gasteiger partial charge in [0.25, 0.3) is 0 Å². The summed E-state index contributed by atoms with van der Waals surface area (Å²) in [6, 6.07) is 16.0. The van der Waals surface area contributed by atoms with Crippen LogP contribution in [0.3, 0.4) is 0 Å². The fourth-order valence-corrected chi connectivity index (χ4v) is 6.34. The zero-order chi connectivity index (χ0) is 37.2. The molecule has 4 atom stereocenters. The number of guanidine groups is 1. The summed E-state index contributed by atoms with van der Waals surface area (Å²) in [6.45, 7) is 7.01. The van der Waals surface area contributed by atoms with Gasteiger partial charge in [0.1, 0.15) is 18.1 Å². The molecule has 1 fully saturated rings. The predicted molar refractivity (Wildman–Crippen MR) is 209 cm³/mol. The van der Waals surface area contributed by atoms with Crippen LogP contribution in [0.2, 0.25) is 0 Å². The Hall–Kier alpha value is -3.76. The Kier molecular flexibility index (Phi) is 18.2. The van der Waals surface area contributed by atoms with Crippen LogP contribution in [0.5, 0.6) is 0 Å². The van der Waals surface area contributed by atoms with Crippen LogP contribution in [0, 0.1) is 11.3 Å². The molecular formula is C37H56IN9O4. The van der Waals surface area contributed by atoms with Crippen LogP contribution in [0.1, 0.15) is 50.7 Å². The van der Waals surface area contributed by atoms with Gasteiger partial charge in [0.05, 0.1) is 28.9 Å². The molecule has 4 amide bonds. The summed E-state index contributed by atoms with van der Waals surface area (Å²) >= 11 is 1.87. The maximum absolute atomic E-state index is 14.2. The molecule has 1 saturated heterocycles. The van der Waals surface area contributed by atoms with Crippen molar-refractivity contribution in [3.8, 4) is 0 Å². The lowest BCUT2D eigenvalue weighted by molar-refractivity contribution is -0.142. The van der Waals surface area contributed by atoms with Gasteiger partial charge in [0.15, 0.2) is 5.96 Å². The largest absolute Gasteiger partial charge is 0.356 e. The Bertz CT molecular complexity index is 1390. The molecule has 13 nitrogen and oxygen atoms in total. The summed E-state index contributed by atoms with van der Waals surface area (Å²) in [5.41, 5.74) is 1.87. The lowest BCUT2D eigenvalue weighted by atomic mass is 9.99. The smallest absolute Gasteiger partial charge is 0.245 e. The maximum atomic E-state index is 14.2. The van der Waals surface area contributed by atoms with Crippen molar-refractivity contribution in [3.05, 3.63) is 71.8 Å². The van der Waals surface area contributed by atoms with Crippen molar-refractivity contribution in [2.24, 2.45) is 5.92 Å². The van der Waals surface area contributed by atoms with Crippen molar-refractivity contribution < 1.29 is 19.2 Å². The molecule has 0 unspecified atom stereocenters. The number of rotatable bonds is 18. The molecule has 0 bridgehead atoms. The first-order valence-corrected chi connectivity index (χ1v) is 18.9. The van der Waals surface area contributed by atoms with Crippen LogP contribution in [0.4, 0.5) is 0 Å². The van der Waals surface area contributed by atoms with E-state index in [-0.39, 0.29) is 30.1 Å². The maximum Gasteiger partial charge on any atom is 0.245 e. The fraction of sp³-hybridized carbons (Fsp3) is 0.541. The monoisotopic (exact) mass is 817 g/mol. The molecule has 3 rings (SSSR count). The van der Waals surface area contributed by atoms with Crippen molar-refractivity contribution in [2.45, 2.75) is 76.5 Å². The molecule has 0 aromatic heterocycles. The molecule has 7 N–H and O–H groups in total. The minimum Gasteiger partial charge on any atom is -0.356 e. The molecule has 0 saturated carbocycles. The summed E-state index contributed by atoms with van der Waals surface area (Å²) in [6.07, 6.45) is 2.75. The number of nitrogens with zero attached hydrogens (tertiary/aromatic N) is 2. The number of benzene rings is 2. The number of hydrogen-bond acceptors (Lipinski definition) is 7. The normalized spacial score (nSPS) is 15.5. The third-order valence-corrected chi connectivity index (χ3v) is 9.53. The van der Waals surface area contributed by atoms with Crippen LogP contribution in [0.15, 0.2) is 60.7 Å². The Balaban J connectivity index is 1.83. The molecule has 0 spiro atoms. The second kappa shape index (κ2) is 22.2. The molecule has 0 radical (unpaired) electrons. The van der Waals surface area contributed by atoms with E-state index in [1.807, 2.05) is 97.4 Å². The molecule has 0 aliphatic carbocycles. The van der Waals surface area contributed by atoms with Gasteiger partial charge < -0.3 is 36.4 Å². The molecule has 280 valence electrons. The van der Waals surface area contributed by atoms with E-state index in [9.17, 15) is 19.2 Å². The quantitative estimate of drug-likeness (QED) is 0.0394. The van der Waals surface area contributed by atoms with E-state index in [2.05, 4.69) is 30.1 Å². The van der Waals surface area contributed by atoms with Gasteiger partial charge in [-0.1, -0.05) is 74.5 Å². The summed E-state index contributed by atoms with van der Waals surface area (Å²) in [5.74, 6) is -1.07. The predicted octanol–water partition coefficient (Wildman–Crippen LogP) is 1.97. The number of carbonyl (C=O) groups excluding carboxylic acids is 4. The molecule has 2 aromatic carbocycles. The SMILES string of the molecule is CN[C@H](Cc1ccccc1)C(=O)N(C)[C@H](Cc1ccccc1)C(=O)N[C@H](CC(C)C)C(=O)N[C@H](CCCNC(=N)NI)C(=O)N1CCCNCC1. The van der Waals surface area contributed by atoms with E-state index in [0.717, 1.165) is 24.1 Å². The van der Waals surface area contributed by atoms with Gasteiger partial charge in [-0.25, -0.2) is 0 Å². The van der Waals surface area contributed by atoms with Gasteiger partial charge in [-0.15, -0.1) is 0 Å². The van der Waals surface area contributed by atoms with Gasteiger partial charge in [0, 0.05) is 39.6 Å². The van der Waals surface area contributed by atoms with Crippen molar-refractivity contribution >= 4 is 52.5 Å². The topological polar surface area (TPSA) is 171 Å². The number of carbonyl (C=O) groups is 4. The third-order valence-electron chi connectivity index (χ3n) is 8.99. The summed E-state index contributed by atoms with van der Waals surface area (Å²) in [7, 11) is 3.36. The number of halogens is 1. The molecule has 1 aliphatic rings. The average Bonchev–Trinajstić information content (AvgIpc) is 3.43. The lowest BCUT2D eigenvalue weighted by Crippen LogP contribution is -2.59. The first kappa shape index (κ1) is 41.7. The standard InChI is InChI=1S/C37H56IN9O4/c1-26(2)23-30(33(48)43-29(17-11-19-42-37(39)45-38)36(51)47-21-12-18-41-20-22-47)44-34(49)32(25-28-15-9-6-10-16-28)46(4)35(50)31(40-3)24-27-13-7-5-8-14-27/h5-10,13-16,26,29-32,40-41H,11-12,17-25H2,1-4H3,(H,43,48)(H,44,49)(H3,39,42,45)/t29-,30-,31-,32-/m1/s1. The van der Waals surface area contributed by atoms with E-state index >= 15 is 0 Å². The molecule has 1 aliphatic heterocycles. The van der Waals surface area contributed by atoms with Crippen molar-refractivity contribution in [1.29, 1.82) is 5.41 Å². The summed E-state index contributed by atoms with van der Waals surface area (Å²) in [5, 5.41) is 23.1. The van der Waals surface area contributed by atoms with Crippen molar-refractivity contribution in [1.82, 2.24) is 39.9 Å².